The third-order valence-electron chi connectivity index (χ3n) is 3.00. The fourth-order valence-electron chi connectivity index (χ4n) is 2.00. The van der Waals surface area contributed by atoms with E-state index in [1.54, 1.807) is 17.2 Å². The number of carbonyl (C=O) groups excluding carboxylic acids is 2. The molecule has 1 aromatic carbocycles. The van der Waals surface area contributed by atoms with Crippen LogP contribution >= 0.6 is 0 Å². The molecule has 1 rings (SSSR count). The SMILES string of the molecule is CCCc1cccc(C(=O)ON(CC)CC)c1OC(C)=O. The minimum Gasteiger partial charge on any atom is -0.426 e. The van der Waals surface area contributed by atoms with Crippen molar-refractivity contribution in [3.05, 3.63) is 29.3 Å². The Morgan fingerprint density at radius 1 is 1.14 bits per heavy atom. The summed E-state index contributed by atoms with van der Waals surface area (Å²) in [5.41, 5.74) is 1.12. The smallest absolute Gasteiger partial charge is 0.360 e. The first-order valence-corrected chi connectivity index (χ1v) is 7.30. The lowest BCUT2D eigenvalue weighted by molar-refractivity contribution is -0.132. The molecule has 0 aliphatic carbocycles. The van der Waals surface area contributed by atoms with Gasteiger partial charge in [-0.2, -0.15) is 0 Å². The predicted octanol–water partition coefficient (Wildman–Crippen LogP) is 2.98. The molecule has 5 heteroatoms. The number of para-hydroxylation sites is 1. The number of carbonyl (C=O) groups is 2. The van der Waals surface area contributed by atoms with Crippen LogP contribution in [0.2, 0.25) is 0 Å². The summed E-state index contributed by atoms with van der Waals surface area (Å²) in [4.78, 5) is 28.9. The molecule has 0 N–H and O–H groups in total. The fraction of sp³-hybridized carbons (Fsp3) is 0.500. The standard InChI is InChI=1S/C16H23NO4/c1-5-9-13-10-8-11-14(15(13)20-12(4)18)16(19)21-17(6-2)7-3/h8,10-11H,5-7,9H2,1-4H3. The monoisotopic (exact) mass is 293 g/mol. The number of benzene rings is 1. The molecule has 0 bridgehead atoms. The third-order valence-corrected chi connectivity index (χ3v) is 3.00. The molecule has 0 unspecified atom stereocenters. The highest BCUT2D eigenvalue weighted by molar-refractivity contribution is 5.93. The number of nitrogens with zero attached hydrogens (tertiary/aromatic N) is 1. The van der Waals surface area contributed by atoms with E-state index in [-0.39, 0.29) is 5.56 Å². The van der Waals surface area contributed by atoms with Gasteiger partial charge in [-0.15, -0.1) is 5.06 Å². The summed E-state index contributed by atoms with van der Waals surface area (Å²) in [6.45, 7) is 8.34. The third kappa shape index (κ3) is 4.86. The van der Waals surface area contributed by atoms with E-state index in [2.05, 4.69) is 0 Å². The highest BCUT2D eigenvalue weighted by Gasteiger charge is 2.20. The van der Waals surface area contributed by atoms with Gasteiger partial charge in [0, 0.05) is 20.0 Å². The maximum absolute atomic E-state index is 12.3. The second kappa shape index (κ2) is 8.42. The number of rotatable bonds is 7. The molecular formula is C16H23NO4. The molecule has 5 nitrogen and oxygen atoms in total. The molecule has 0 radical (unpaired) electrons. The predicted molar refractivity (Wildman–Crippen MR) is 80.1 cm³/mol. The van der Waals surface area contributed by atoms with E-state index < -0.39 is 11.9 Å². The van der Waals surface area contributed by atoms with E-state index in [0.29, 0.717) is 18.8 Å². The van der Waals surface area contributed by atoms with E-state index in [1.807, 2.05) is 26.8 Å². The van der Waals surface area contributed by atoms with Crippen LogP contribution in [0.1, 0.15) is 50.0 Å². The molecule has 0 aliphatic heterocycles. The van der Waals surface area contributed by atoms with E-state index >= 15 is 0 Å². The molecule has 0 fully saturated rings. The van der Waals surface area contributed by atoms with Crippen LogP contribution in [0, 0.1) is 0 Å². The summed E-state index contributed by atoms with van der Waals surface area (Å²) >= 11 is 0. The van der Waals surface area contributed by atoms with Crippen molar-refractivity contribution in [2.24, 2.45) is 0 Å². The Morgan fingerprint density at radius 2 is 1.81 bits per heavy atom. The van der Waals surface area contributed by atoms with Crippen molar-refractivity contribution < 1.29 is 19.2 Å². The molecule has 0 saturated carbocycles. The minimum absolute atomic E-state index is 0.281. The number of hydrogen-bond acceptors (Lipinski definition) is 5. The first-order chi connectivity index (χ1) is 10.0. The van der Waals surface area contributed by atoms with Crippen LogP contribution < -0.4 is 4.74 Å². The van der Waals surface area contributed by atoms with Crippen LogP contribution in [-0.4, -0.2) is 30.1 Å². The average Bonchev–Trinajstić information content (AvgIpc) is 2.46. The van der Waals surface area contributed by atoms with Gasteiger partial charge in [0.05, 0.1) is 0 Å². The average molecular weight is 293 g/mol. The topological polar surface area (TPSA) is 55.8 Å². The highest BCUT2D eigenvalue weighted by atomic mass is 16.7. The van der Waals surface area contributed by atoms with Crippen molar-refractivity contribution in [1.29, 1.82) is 0 Å². The molecule has 0 spiro atoms. The molecule has 116 valence electrons. The number of ether oxygens (including phenoxy) is 1. The largest absolute Gasteiger partial charge is 0.426 e. The van der Waals surface area contributed by atoms with Crippen LogP contribution in [0.15, 0.2) is 18.2 Å². The molecule has 21 heavy (non-hydrogen) atoms. The van der Waals surface area contributed by atoms with E-state index in [9.17, 15) is 9.59 Å². The Balaban J connectivity index is 3.11. The quantitative estimate of drug-likeness (QED) is 0.439. The summed E-state index contributed by atoms with van der Waals surface area (Å²) in [6.07, 6.45) is 1.62. The zero-order valence-electron chi connectivity index (χ0n) is 13.1. The van der Waals surface area contributed by atoms with Crippen LogP contribution in [0.5, 0.6) is 5.75 Å². The lowest BCUT2D eigenvalue weighted by Gasteiger charge is -2.19. The van der Waals surface area contributed by atoms with Crippen molar-refractivity contribution >= 4 is 11.9 Å². The molecule has 0 aliphatic rings. The molecule has 0 amide bonds. The number of hydrogen-bond donors (Lipinski definition) is 0. The van der Waals surface area contributed by atoms with Gasteiger partial charge in [-0.05, 0) is 31.9 Å². The summed E-state index contributed by atoms with van der Waals surface area (Å²) in [5, 5.41) is 1.55. The maximum Gasteiger partial charge on any atom is 0.360 e. The zero-order valence-corrected chi connectivity index (χ0v) is 13.1. The number of hydroxylamine groups is 2. The van der Waals surface area contributed by atoms with E-state index in [0.717, 1.165) is 18.4 Å². The second-order valence-corrected chi connectivity index (χ2v) is 4.63. The summed E-state index contributed by atoms with van der Waals surface area (Å²) in [5.74, 6) is -0.646. The van der Waals surface area contributed by atoms with E-state index in [1.165, 1.54) is 6.92 Å². The normalized spacial score (nSPS) is 10.5. The number of aryl methyl sites for hydroxylation is 1. The van der Waals surface area contributed by atoms with Crippen molar-refractivity contribution in [2.75, 3.05) is 13.1 Å². The van der Waals surface area contributed by atoms with Crippen LogP contribution in [-0.2, 0) is 16.1 Å². The van der Waals surface area contributed by atoms with Gasteiger partial charge in [0.2, 0.25) is 0 Å². The van der Waals surface area contributed by atoms with Gasteiger partial charge < -0.3 is 9.57 Å². The Morgan fingerprint density at radius 3 is 2.33 bits per heavy atom. The fourth-order valence-corrected chi connectivity index (χ4v) is 2.00. The summed E-state index contributed by atoms with van der Waals surface area (Å²) in [6, 6.07) is 5.25. The lowest BCUT2D eigenvalue weighted by Crippen LogP contribution is -2.27. The van der Waals surface area contributed by atoms with Crippen LogP contribution in [0.3, 0.4) is 0 Å². The van der Waals surface area contributed by atoms with Gasteiger partial charge in [-0.25, -0.2) is 4.79 Å². The maximum atomic E-state index is 12.3. The zero-order chi connectivity index (χ0) is 15.8. The van der Waals surface area contributed by atoms with E-state index in [4.69, 9.17) is 9.57 Å². The van der Waals surface area contributed by atoms with Crippen molar-refractivity contribution in [1.82, 2.24) is 5.06 Å². The first-order valence-electron chi connectivity index (χ1n) is 7.30. The van der Waals surface area contributed by atoms with Gasteiger partial charge in [0.25, 0.3) is 0 Å². The molecular weight excluding hydrogens is 270 g/mol. The summed E-state index contributed by atoms with van der Waals surface area (Å²) in [7, 11) is 0. The summed E-state index contributed by atoms with van der Waals surface area (Å²) < 4.78 is 5.24. The highest BCUT2D eigenvalue weighted by Crippen LogP contribution is 2.26. The second-order valence-electron chi connectivity index (χ2n) is 4.63. The van der Waals surface area contributed by atoms with Crippen molar-refractivity contribution in [3.63, 3.8) is 0 Å². The Hall–Kier alpha value is -1.88. The first kappa shape index (κ1) is 17.2. The molecule has 0 aromatic heterocycles. The Kier molecular flexibility index (Phi) is 6.88. The molecule has 0 atom stereocenters. The Labute approximate surface area is 125 Å². The molecule has 0 saturated heterocycles. The lowest BCUT2D eigenvalue weighted by atomic mass is 10.0. The Bertz CT molecular complexity index is 495. The van der Waals surface area contributed by atoms with Gasteiger partial charge in [-0.3, -0.25) is 4.79 Å². The molecule has 1 aromatic rings. The van der Waals surface area contributed by atoms with Gasteiger partial charge in [-0.1, -0.05) is 25.5 Å². The van der Waals surface area contributed by atoms with Crippen molar-refractivity contribution in [3.8, 4) is 5.75 Å². The van der Waals surface area contributed by atoms with Gasteiger partial charge in [0.1, 0.15) is 11.3 Å². The van der Waals surface area contributed by atoms with Crippen LogP contribution in [0.25, 0.3) is 0 Å². The van der Waals surface area contributed by atoms with Gasteiger partial charge in [0.15, 0.2) is 0 Å². The van der Waals surface area contributed by atoms with Gasteiger partial charge >= 0.3 is 11.9 Å². The number of esters is 1. The van der Waals surface area contributed by atoms with Crippen LogP contribution in [0.4, 0.5) is 0 Å². The minimum atomic E-state index is -0.507. The molecule has 0 heterocycles. The van der Waals surface area contributed by atoms with Crippen molar-refractivity contribution in [2.45, 2.75) is 40.5 Å².